The van der Waals surface area contributed by atoms with Crippen LogP contribution in [0.4, 0.5) is 4.39 Å². The maximum Gasteiger partial charge on any atom is 0.142 e. The first-order chi connectivity index (χ1) is 8.63. The van der Waals surface area contributed by atoms with Crippen molar-refractivity contribution in [2.45, 2.75) is 6.04 Å². The summed E-state index contributed by atoms with van der Waals surface area (Å²) < 4.78 is 13.5. The second-order valence-corrected chi connectivity index (χ2v) is 4.73. The zero-order valence-corrected chi connectivity index (χ0v) is 11.3. The summed E-state index contributed by atoms with van der Waals surface area (Å²) in [6.45, 7) is 0. The SMILES string of the molecule is CNC(c1ccc(Cl)cc1)c1cccc(F)c1Cl. The fourth-order valence-corrected chi connectivity index (χ4v) is 2.26. The Labute approximate surface area is 116 Å². The Morgan fingerprint density at radius 1 is 1.06 bits per heavy atom. The van der Waals surface area contributed by atoms with Gasteiger partial charge in [0, 0.05) is 5.02 Å². The summed E-state index contributed by atoms with van der Waals surface area (Å²) in [5.74, 6) is -0.414. The summed E-state index contributed by atoms with van der Waals surface area (Å²) >= 11 is 11.9. The predicted octanol–water partition coefficient (Wildman–Crippen LogP) is 4.44. The molecular formula is C14H12Cl2FN. The monoisotopic (exact) mass is 283 g/mol. The molecule has 0 heterocycles. The van der Waals surface area contributed by atoms with Gasteiger partial charge >= 0.3 is 0 Å². The standard InChI is InChI=1S/C14H12Cl2FN/c1-18-14(9-5-7-10(15)8-6-9)11-3-2-4-12(17)13(11)16/h2-8,14,18H,1H3. The van der Waals surface area contributed by atoms with Gasteiger partial charge in [-0.25, -0.2) is 4.39 Å². The molecule has 94 valence electrons. The Morgan fingerprint density at radius 2 is 1.72 bits per heavy atom. The van der Waals surface area contributed by atoms with Crippen molar-refractivity contribution in [2.75, 3.05) is 7.05 Å². The zero-order valence-electron chi connectivity index (χ0n) is 9.75. The highest BCUT2D eigenvalue weighted by Crippen LogP contribution is 2.30. The maximum absolute atomic E-state index is 13.5. The van der Waals surface area contributed by atoms with Crippen LogP contribution in [0.2, 0.25) is 10.0 Å². The third-order valence-corrected chi connectivity index (χ3v) is 3.44. The smallest absolute Gasteiger partial charge is 0.142 e. The molecule has 2 rings (SSSR count). The molecule has 0 saturated carbocycles. The van der Waals surface area contributed by atoms with E-state index in [1.807, 2.05) is 12.1 Å². The van der Waals surface area contributed by atoms with E-state index in [2.05, 4.69) is 5.32 Å². The van der Waals surface area contributed by atoms with Crippen LogP contribution in [-0.2, 0) is 0 Å². The highest BCUT2D eigenvalue weighted by atomic mass is 35.5. The minimum atomic E-state index is -0.414. The molecule has 4 heteroatoms. The van der Waals surface area contributed by atoms with Crippen LogP contribution in [0.15, 0.2) is 42.5 Å². The molecule has 2 aromatic rings. The molecular weight excluding hydrogens is 272 g/mol. The van der Waals surface area contributed by atoms with E-state index in [-0.39, 0.29) is 11.1 Å². The van der Waals surface area contributed by atoms with E-state index in [4.69, 9.17) is 23.2 Å². The normalized spacial score (nSPS) is 12.4. The largest absolute Gasteiger partial charge is 0.309 e. The molecule has 1 unspecified atom stereocenters. The fourth-order valence-electron chi connectivity index (χ4n) is 1.90. The highest BCUT2D eigenvalue weighted by molar-refractivity contribution is 6.31. The molecule has 0 aromatic heterocycles. The van der Waals surface area contributed by atoms with Crippen LogP contribution in [0, 0.1) is 5.82 Å². The van der Waals surface area contributed by atoms with E-state index in [1.165, 1.54) is 6.07 Å². The first-order valence-electron chi connectivity index (χ1n) is 5.50. The molecule has 0 spiro atoms. The first-order valence-corrected chi connectivity index (χ1v) is 6.25. The van der Waals surface area contributed by atoms with Gasteiger partial charge < -0.3 is 5.32 Å². The average Bonchev–Trinajstić information content (AvgIpc) is 2.37. The van der Waals surface area contributed by atoms with Gasteiger partial charge in [0.15, 0.2) is 0 Å². The molecule has 0 saturated heterocycles. The van der Waals surface area contributed by atoms with Crippen LogP contribution in [0.5, 0.6) is 0 Å². The van der Waals surface area contributed by atoms with Gasteiger partial charge in [-0.15, -0.1) is 0 Å². The van der Waals surface area contributed by atoms with Crippen molar-refractivity contribution in [3.8, 4) is 0 Å². The summed E-state index contributed by atoms with van der Waals surface area (Å²) in [4.78, 5) is 0. The lowest BCUT2D eigenvalue weighted by Crippen LogP contribution is -2.18. The lowest BCUT2D eigenvalue weighted by Gasteiger charge is -2.18. The summed E-state index contributed by atoms with van der Waals surface area (Å²) in [6.07, 6.45) is 0. The molecule has 0 aliphatic carbocycles. The molecule has 0 bridgehead atoms. The van der Waals surface area contributed by atoms with E-state index >= 15 is 0 Å². The Balaban J connectivity index is 2.45. The van der Waals surface area contributed by atoms with E-state index in [1.54, 1.807) is 31.3 Å². The van der Waals surface area contributed by atoms with Gasteiger partial charge in [-0.2, -0.15) is 0 Å². The van der Waals surface area contributed by atoms with Crippen LogP contribution in [0.1, 0.15) is 17.2 Å². The van der Waals surface area contributed by atoms with Crippen molar-refractivity contribution in [2.24, 2.45) is 0 Å². The van der Waals surface area contributed by atoms with Crippen LogP contribution in [0.25, 0.3) is 0 Å². The molecule has 0 radical (unpaired) electrons. The van der Waals surface area contributed by atoms with E-state index in [9.17, 15) is 4.39 Å². The second kappa shape index (κ2) is 5.70. The van der Waals surface area contributed by atoms with Gasteiger partial charge in [-0.1, -0.05) is 47.5 Å². The van der Waals surface area contributed by atoms with Crippen molar-refractivity contribution in [3.63, 3.8) is 0 Å². The predicted molar refractivity (Wildman–Crippen MR) is 73.8 cm³/mol. The molecule has 0 amide bonds. The Hall–Kier alpha value is -1.09. The molecule has 18 heavy (non-hydrogen) atoms. The van der Waals surface area contributed by atoms with Crippen LogP contribution in [0.3, 0.4) is 0 Å². The third kappa shape index (κ3) is 2.66. The number of rotatable bonds is 3. The molecule has 1 nitrogen and oxygen atoms in total. The minimum absolute atomic E-state index is 0.145. The number of benzene rings is 2. The third-order valence-electron chi connectivity index (χ3n) is 2.78. The zero-order chi connectivity index (χ0) is 13.1. The van der Waals surface area contributed by atoms with Gasteiger partial charge in [0.1, 0.15) is 5.82 Å². The molecule has 1 N–H and O–H groups in total. The van der Waals surface area contributed by atoms with Crippen LogP contribution >= 0.6 is 23.2 Å². The Bertz CT molecular complexity index is 540. The van der Waals surface area contributed by atoms with Crippen molar-refractivity contribution in [1.29, 1.82) is 0 Å². The van der Waals surface area contributed by atoms with Crippen LogP contribution in [-0.4, -0.2) is 7.05 Å². The van der Waals surface area contributed by atoms with E-state index in [0.717, 1.165) is 5.56 Å². The maximum atomic E-state index is 13.5. The lowest BCUT2D eigenvalue weighted by molar-refractivity contribution is 0.617. The van der Waals surface area contributed by atoms with Gasteiger partial charge in [0.25, 0.3) is 0 Å². The Morgan fingerprint density at radius 3 is 2.33 bits per heavy atom. The average molecular weight is 284 g/mol. The van der Waals surface area contributed by atoms with Gasteiger partial charge in [0.05, 0.1) is 11.1 Å². The number of hydrogen-bond donors (Lipinski definition) is 1. The van der Waals surface area contributed by atoms with Crippen molar-refractivity contribution < 1.29 is 4.39 Å². The summed E-state index contributed by atoms with van der Waals surface area (Å²) in [5, 5.41) is 3.94. The first kappa shape index (κ1) is 13.3. The molecule has 1 atom stereocenters. The summed E-state index contributed by atoms with van der Waals surface area (Å²) in [5.41, 5.74) is 1.69. The van der Waals surface area contributed by atoms with Crippen molar-refractivity contribution in [3.05, 3.63) is 69.5 Å². The molecule has 0 aliphatic heterocycles. The van der Waals surface area contributed by atoms with Gasteiger partial charge in [-0.3, -0.25) is 0 Å². The fraction of sp³-hybridized carbons (Fsp3) is 0.143. The van der Waals surface area contributed by atoms with Gasteiger partial charge in [-0.05, 0) is 36.4 Å². The van der Waals surface area contributed by atoms with Crippen LogP contribution < -0.4 is 5.32 Å². The van der Waals surface area contributed by atoms with Gasteiger partial charge in [0.2, 0.25) is 0 Å². The quantitative estimate of drug-likeness (QED) is 0.878. The number of hydrogen-bond acceptors (Lipinski definition) is 1. The van der Waals surface area contributed by atoms with Crippen molar-refractivity contribution >= 4 is 23.2 Å². The minimum Gasteiger partial charge on any atom is -0.309 e. The van der Waals surface area contributed by atoms with Crippen molar-refractivity contribution in [1.82, 2.24) is 5.32 Å². The molecule has 0 aliphatic rings. The second-order valence-electron chi connectivity index (χ2n) is 3.92. The number of nitrogens with one attached hydrogen (secondary N) is 1. The Kier molecular flexibility index (Phi) is 4.23. The molecule has 0 fully saturated rings. The summed E-state index contributed by atoms with van der Waals surface area (Å²) in [6, 6.07) is 12.0. The highest BCUT2D eigenvalue weighted by Gasteiger charge is 2.16. The van der Waals surface area contributed by atoms with E-state index in [0.29, 0.717) is 10.6 Å². The summed E-state index contributed by atoms with van der Waals surface area (Å²) in [7, 11) is 1.81. The topological polar surface area (TPSA) is 12.0 Å². The number of halogens is 3. The van der Waals surface area contributed by atoms with E-state index < -0.39 is 5.82 Å². The lowest BCUT2D eigenvalue weighted by atomic mass is 9.99. The molecule has 2 aromatic carbocycles.